The van der Waals surface area contributed by atoms with E-state index in [4.69, 9.17) is 9.47 Å². The minimum absolute atomic E-state index is 0.0877. The molecule has 0 radical (unpaired) electrons. The normalized spacial score (nSPS) is 12.5. The van der Waals surface area contributed by atoms with Gasteiger partial charge in [-0.15, -0.1) is 0 Å². The Morgan fingerprint density at radius 3 is 2.26 bits per heavy atom. The van der Waals surface area contributed by atoms with Crippen LogP contribution in [0.15, 0.2) is 23.1 Å². The summed E-state index contributed by atoms with van der Waals surface area (Å²) in [7, 11) is -4.16. The van der Waals surface area contributed by atoms with E-state index in [1.54, 1.807) is 34.6 Å². The molecular weight excluding hydrogens is 467 g/mol. The van der Waals surface area contributed by atoms with Crippen LogP contribution in [0.2, 0.25) is 0 Å². The summed E-state index contributed by atoms with van der Waals surface area (Å²) in [5.74, 6) is -3.17. The van der Waals surface area contributed by atoms with Crippen LogP contribution in [-0.4, -0.2) is 61.2 Å². The molecule has 0 fully saturated rings. The van der Waals surface area contributed by atoms with E-state index in [1.165, 1.54) is 6.92 Å². The van der Waals surface area contributed by atoms with E-state index in [1.807, 2.05) is 0 Å². The van der Waals surface area contributed by atoms with Gasteiger partial charge < -0.3 is 14.5 Å². The van der Waals surface area contributed by atoms with Crippen molar-refractivity contribution in [2.24, 2.45) is 0 Å². The first kappa shape index (κ1) is 27.2. The number of nitrogens with one attached hydrogen (secondary N) is 1. The molecule has 1 N–H and O–H groups in total. The molecular formula is C23H29FN2O7S. The minimum Gasteiger partial charge on any atom is -0.462 e. The number of rotatable bonds is 10. The summed E-state index contributed by atoms with van der Waals surface area (Å²) in [4.78, 5) is 39.9. The summed E-state index contributed by atoms with van der Waals surface area (Å²) < 4.78 is 51.1. The monoisotopic (exact) mass is 496 g/mol. The highest BCUT2D eigenvalue weighted by Crippen LogP contribution is 2.23. The largest absolute Gasteiger partial charge is 0.462 e. The van der Waals surface area contributed by atoms with Crippen molar-refractivity contribution in [2.45, 2.75) is 52.5 Å². The zero-order chi connectivity index (χ0) is 25.8. The smallest absolute Gasteiger partial charge is 0.340 e. The van der Waals surface area contributed by atoms with E-state index in [0.717, 1.165) is 22.5 Å². The molecule has 1 heterocycles. The molecule has 0 amide bonds. The van der Waals surface area contributed by atoms with Gasteiger partial charge in [0.25, 0.3) is 0 Å². The Hall–Kier alpha value is -3.05. The van der Waals surface area contributed by atoms with Crippen LogP contribution in [0.5, 0.6) is 0 Å². The molecule has 1 atom stereocenters. The van der Waals surface area contributed by atoms with Gasteiger partial charge in [-0.2, -0.15) is 4.31 Å². The maximum absolute atomic E-state index is 14.3. The van der Waals surface area contributed by atoms with Gasteiger partial charge in [-0.1, -0.05) is 13.8 Å². The van der Waals surface area contributed by atoms with E-state index in [2.05, 4.69) is 4.98 Å². The molecule has 0 aliphatic rings. The van der Waals surface area contributed by atoms with Gasteiger partial charge in [0.2, 0.25) is 15.8 Å². The first-order chi connectivity index (χ1) is 15.9. The number of ether oxygens (including phenoxy) is 2. The molecule has 0 saturated heterocycles. The van der Waals surface area contributed by atoms with Crippen LogP contribution in [0, 0.1) is 19.7 Å². The van der Waals surface area contributed by atoms with Crippen LogP contribution in [0.25, 0.3) is 0 Å². The first-order valence-electron chi connectivity index (χ1n) is 10.8. The summed E-state index contributed by atoms with van der Waals surface area (Å²) in [5.41, 5.74) is 0.887. The number of halogens is 1. The van der Waals surface area contributed by atoms with Crippen molar-refractivity contribution in [2.75, 3.05) is 19.7 Å². The molecule has 11 heteroatoms. The van der Waals surface area contributed by atoms with Gasteiger partial charge in [-0.25, -0.2) is 22.4 Å². The van der Waals surface area contributed by atoms with Crippen LogP contribution in [0.1, 0.15) is 70.2 Å². The Bertz CT molecular complexity index is 1200. The lowest BCUT2D eigenvalue weighted by Gasteiger charge is -2.19. The number of carbonyl (C=O) groups is 3. The molecule has 186 valence electrons. The van der Waals surface area contributed by atoms with Crippen molar-refractivity contribution in [3.05, 3.63) is 52.1 Å². The van der Waals surface area contributed by atoms with Crippen LogP contribution in [-0.2, 0) is 19.5 Å². The highest BCUT2D eigenvalue weighted by Gasteiger charge is 2.30. The summed E-state index contributed by atoms with van der Waals surface area (Å²) in [6, 6.07) is 2.84. The molecule has 0 aliphatic heterocycles. The van der Waals surface area contributed by atoms with Crippen molar-refractivity contribution in [1.29, 1.82) is 0 Å². The minimum atomic E-state index is -4.16. The summed E-state index contributed by atoms with van der Waals surface area (Å²) in [5, 5.41) is 0. The number of Topliss-reactive ketones (excluding diaryl/α,β-unsaturated/α-hetero) is 1. The quantitative estimate of drug-likeness (QED) is 0.395. The highest BCUT2D eigenvalue weighted by atomic mass is 32.2. The fourth-order valence-corrected chi connectivity index (χ4v) is 5.07. The second kappa shape index (κ2) is 10.9. The van der Waals surface area contributed by atoms with Crippen molar-refractivity contribution >= 4 is 27.7 Å². The number of ketones is 1. The average molecular weight is 497 g/mol. The number of aromatic amines is 1. The van der Waals surface area contributed by atoms with E-state index in [0.29, 0.717) is 11.3 Å². The molecule has 9 nitrogen and oxygen atoms in total. The molecule has 1 aromatic heterocycles. The molecule has 0 aliphatic carbocycles. The molecule has 1 unspecified atom stereocenters. The van der Waals surface area contributed by atoms with Gasteiger partial charge in [-0.3, -0.25) is 4.79 Å². The number of nitrogens with zero attached hydrogens (tertiary/aromatic N) is 1. The lowest BCUT2D eigenvalue weighted by molar-refractivity contribution is 0.0316. The Balaban J connectivity index is 2.30. The second-order valence-electron chi connectivity index (χ2n) is 7.49. The van der Waals surface area contributed by atoms with Gasteiger partial charge in [0.05, 0.1) is 23.4 Å². The second-order valence-corrected chi connectivity index (χ2v) is 9.40. The number of hydrogen-bond acceptors (Lipinski definition) is 7. The Morgan fingerprint density at radius 2 is 1.71 bits per heavy atom. The summed E-state index contributed by atoms with van der Waals surface area (Å²) in [6.45, 7) is 9.84. The standard InChI is InChI=1S/C23H29FN2O7S/c1-7-26(8-2)34(30,31)18-12-16(10-11-17(18)24)22(28)33-15(6)21(27)20-13(4)19(14(5)25-20)23(29)32-9-3/h10-12,15,25H,7-9H2,1-6H3. The van der Waals surface area contributed by atoms with Gasteiger partial charge in [0.15, 0.2) is 6.10 Å². The van der Waals surface area contributed by atoms with E-state index in [-0.39, 0.29) is 36.5 Å². The number of H-pyrrole nitrogens is 1. The van der Waals surface area contributed by atoms with Crippen LogP contribution in [0.3, 0.4) is 0 Å². The Kier molecular flexibility index (Phi) is 8.73. The first-order valence-corrected chi connectivity index (χ1v) is 12.3. The van der Waals surface area contributed by atoms with Crippen LogP contribution in [0.4, 0.5) is 4.39 Å². The molecule has 34 heavy (non-hydrogen) atoms. The molecule has 0 saturated carbocycles. The molecule has 2 rings (SSSR count). The number of esters is 2. The Labute approximate surface area is 198 Å². The predicted octanol–water partition coefficient (Wildman–Crippen LogP) is 3.41. The number of benzene rings is 1. The third kappa shape index (κ3) is 5.36. The summed E-state index contributed by atoms with van der Waals surface area (Å²) >= 11 is 0. The summed E-state index contributed by atoms with van der Waals surface area (Å²) in [6.07, 6.45) is -1.27. The zero-order valence-electron chi connectivity index (χ0n) is 20.0. The fraction of sp³-hybridized carbons (Fsp3) is 0.435. The van der Waals surface area contributed by atoms with E-state index < -0.39 is 44.6 Å². The topological polar surface area (TPSA) is 123 Å². The zero-order valence-corrected chi connectivity index (χ0v) is 20.8. The molecule has 0 bridgehead atoms. The molecule has 2 aromatic rings. The van der Waals surface area contributed by atoms with Gasteiger partial charge >= 0.3 is 11.9 Å². The van der Waals surface area contributed by atoms with Gasteiger partial charge in [0, 0.05) is 18.8 Å². The number of aryl methyl sites for hydroxylation is 1. The average Bonchev–Trinajstić information content (AvgIpc) is 3.07. The molecule has 1 aromatic carbocycles. The van der Waals surface area contributed by atoms with Crippen LogP contribution < -0.4 is 0 Å². The fourth-order valence-electron chi connectivity index (χ4n) is 3.52. The molecule has 0 spiro atoms. The van der Waals surface area contributed by atoms with Gasteiger partial charge in [0.1, 0.15) is 10.7 Å². The highest BCUT2D eigenvalue weighted by molar-refractivity contribution is 7.89. The number of hydrogen-bond donors (Lipinski definition) is 1. The van der Waals surface area contributed by atoms with Crippen molar-refractivity contribution in [1.82, 2.24) is 9.29 Å². The maximum Gasteiger partial charge on any atom is 0.340 e. The lowest BCUT2D eigenvalue weighted by Crippen LogP contribution is -2.31. The lowest BCUT2D eigenvalue weighted by atomic mass is 10.1. The van der Waals surface area contributed by atoms with Gasteiger partial charge in [-0.05, 0) is 51.5 Å². The van der Waals surface area contributed by atoms with Crippen molar-refractivity contribution < 1.29 is 36.7 Å². The SMILES string of the molecule is CCOC(=O)c1c(C)[nH]c(C(=O)C(C)OC(=O)c2ccc(F)c(S(=O)(=O)N(CC)CC)c2)c1C. The van der Waals surface area contributed by atoms with Crippen molar-refractivity contribution in [3.63, 3.8) is 0 Å². The predicted molar refractivity (Wildman–Crippen MR) is 122 cm³/mol. The van der Waals surface area contributed by atoms with E-state index >= 15 is 0 Å². The van der Waals surface area contributed by atoms with E-state index in [9.17, 15) is 27.2 Å². The van der Waals surface area contributed by atoms with Crippen LogP contribution >= 0.6 is 0 Å². The number of sulfonamides is 1. The number of aromatic nitrogens is 1. The van der Waals surface area contributed by atoms with Crippen molar-refractivity contribution in [3.8, 4) is 0 Å². The Morgan fingerprint density at radius 1 is 1.09 bits per heavy atom. The number of carbonyl (C=O) groups excluding carboxylic acids is 3. The maximum atomic E-state index is 14.3. The third-order valence-electron chi connectivity index (χ3n) is 5.31. The third-order valence-corrected chi connectivity index (χ3v) is 7.37.